The van der Waals surface area contributed by atoms with Crippen LogP contribution >= 0.6 is 12.2 Å². The number of benzene rings is 1. The van der Waals surface area contributed by atoms with Crippen molar-refractivity contribution in [2.45, 2.75) is 0 Å². The molecule has 104 valence electrons. The Morgan fingerprint density at radius 3 is 2.25 bits per heavy atom. The van der Waals surface area contributed by atoms with Crippen LogP contribution in [0.5, 0.6) is 0 Å². The number of aromatic nitrogens is 1. The maximum Gasteiger partial charge on any atom is 0.185 e. The number of hydrogen-bond acceptors (Lipinski definition) is 3. The number of nitrogens with two attached hydrogens (primary N) is 1. The van der Waals surface area contributed by atoms with Crippen LogP contribution < -0.4 is 11.1 Å². The predicted molar refractivity (Wildman–Crippen MR) is 69.7 cm³/mol. The van der Waals surface area contributed by atoms with E-state index in [4.69, 9.17) is 18.0 Å². The van der Waals surface area contributed by atoms with E-state index in [2.05, 4.69) is 10.3 Å². The van der Waals surface area contributed by atoms with Crippen LogP contribution in [0.3, 0.4) is 0 Å². The van der Waals surface area contributed by atoms with Gasteiger partial charge in [0.1, 0.15) is 10.7 Å². The number of nitrogens with one attached hydrogen (secondary N) is 1. The minimum absolute atomic E-state index is 0.0278. The van der Waals surface area contributed by atoms with Gasteiger partial charge in [-0.05, 0) is 12.1 Å². The van der Waals surface area contributed by atoms with Crippen LogP contribution in [0.1, 0.15) is 5.69 Å². The molecule has 0 atom stereocenters. The van der Waals surface area contributed by atoms with Gasteiger partial charge in [0.15, 0.2) is 23.3 Å². The highest BCUT2D eigenvalue weighted by molar-refractivity contribution is 7.80. The lowest BCUT2D eigenvalue weighted by Crippen LogP contribution is -2.12. The van der Waals surface area contributed by atoms with E-state index in [1.807, 2.05) is 0 Å². The third-order valence-corrected chi connectivity index (χ3v) is 2.60. The summed E-state index contributed by atoms with van der Waals surface area (Å²) in [5.74, 6) is -6.07. The quantitative estimate of drug-likeness (QED) is 0.520. The van der Waals surface area contributed by atoms with Gasteiger partial charge in [-0.3, -0.25) is 4.98 Å². The number of pyridine rings is 1. The normalized spacial score (nSPS) is 10.4. The average Bonchev–Trinajstić information content (AvgIpc) is 2.42. The number of anilines is 2. The first-order valence-corrected chi connectivity index (χ1v) is 5.67. The molecule has 0 saturated heterocycles. The van der Waals surface area contributed by atoms with E-state index in [1.165, 1.54) is 18.3 Å². The summed E-state index contributed by atoms with van der Waals surface area (Å²) < 4.78 is 53.1. The molecular weight excluding hydrogens is 294 g/mol. The second-order valence-corrected chi connectivity index (χ2v) is 4.20. The molecule has 0 aliphatic rings. The van der Waals surface area contributed by atoms with E-state index in [9.17, 15) is 17.6 Å². The summed E-state index contributed by atoms with van der Waals surface area (Å²) in [5, 5.41) is 2.23. The second kappa shape index (κ2) is 5.41. The molecule has 0 aliphatic carbocycles. The lowest BCUT2D eigenvalue weighted by atomic mass is 10.2. The molecule has 1 aromatic carbocycles. The van der Waals surface area contributed by atoms with E-state index in [-0.39, 0.29) is 22.4 Å². The third-order valence-electron chi connectivity index (χ3n) is 2.39. The van der Waals surface area contributed by atoms with Gasteiger partial charge in [0.25, 0.3) is 0 Å². The summed E-state index contributed by atoms with van der Waals surface area (Å²) in [7, 11) is 0. The predicted octanol–water partition coefficient (Wildman–Crippen LogP) is 3.02. The van der Waals surface area contributed by atoms with Gasteiger partial charge in [-0.2, -0.15) is 0 Å². The highest BCUT2D eigenvalue weighted by Gasteiger charge is 2.19. The third kappa shape index (κ3) is 2.69. The Hall–Kier alpha value is -2.22. The van der Waals surface area contributed by atoms with Crippen LogP contribution in [0.4, 0.5) is 28.9 Å². The van der Waals surface area contributed by atoms with Gasteiger partial charge in [0, 0.05) is 18.0 Å². The Morgan fingerprint density at radius 1 is 1.10 bits per heavy atom. The van der Waals surface area contributed by atoms with E-state index >= 15 is 0 Å². The number of rotatable bonds is 3. The first-order chi connectivity index (χ1) is 9.40. The van der Waals surface area contributed by atoms with Crippen molar-refractivity contribution in [1.29, 1.82) is 0 Å². The fraction of sp³-hybridized carbons (Fsp3) is 0. The maximum absolute atomic E-state index is 13.5. The Bertz CT molecular complexity index is 664. The summed E-state index contributed by atoms with van der Waals surface area (Å²) >= 11 is 4.70. The summed E-state index contributed by atoms with van der Waals surface area (Å²) in [5.41, 5.74) is 4.74. The van der Waals surface area contributed by atoms with Crippen molar-refractivity contribution >= 4 is 28.6 Å². The van der Waals surface area contributed by atoms with Crippen molar-refractivity contribution in [2.75, 3.05) is 5.32 Å². The summed E-state index contributed by atoms with van der Waals surface area (Å²) in [6.45, 7) is 0. The van der Waals surface area contributed by atoms with Crippen molar-refractivity contribution in [3.8, 4) is 0 Å². The van der Waals surface area contributed by atoms with Crippen molar-refractivity contribution in [1.82, 2.24) is 4.98 Å². The fourth-order valence-electron chi connectivity index (χ4n) is 1.47. The lowest BCUT2D eigenvalue weighted by molar-refractivity contribution is 0.459. The van der Waals surface area contributed by atoms with Gasteiger partial charge in [-0.25, -0.2) is 17.6 Å². The molecule has 2 aromatic rings. The SMILES string of the molecule is NC(=S)c1cc(Nc2c(F)c(F)cc(F)c2F)ccn1. The van der Waals surface area contributed by atoms with E-state index in [0.717, 1.165) is 0 Å². The average molecular weight is 301 g/mol. The first kappa shape index (κ1) is 14.2. The largest absolute Gasteiger partial charge is 0.388 e. The van der Waals surface area contributed by atoms with Crippen LogP contribution in [-0.2, 0) is 0 Å². The number of hydrogen-bond donors (Lipinski definition) is 2. The van der Waals surface area contributed by atoms with Crippen LogP contribution in [0.25, 0.3) is 0 Å². The molecule has 3 N–H and O–H groups in total. The monoisotopic (exact) mass is 301 g/mol. The molecule has 1 aromatic heterocycles. The minimum Gasteiger partial charge on any atom is -0.388 e. The molecule has 0 unspecified atom stereocenters. The van der Waals surface area contributed by atoms with E-state index in [0.29, 0.717) is 0 Å². The van der Waals surface area contributed by atoms with Crippen molar-refractivity contribution in [3.05, 3.63) is 53.4 Å². The zero-order valence-corrected chi connectivity index (χ0v) is 10.6. The molecule has 0 spiro atoms. The lowest BCUT2D eigenvalue weighted by Gasteiger charge is -2.10. The summed E-state index contributed by atoms with van der Waals surface area (Å²) in [6, 6.07) is 2.76. The maximum atomic E-state index is 13.5. The van der Waals surface area contributed by atoms with Crippen LogP contribution in [0, 0.1) is 23.3 Å². The smallest absolute Gasteiger partial charge is 0.185 e. The van der Waals surface area contributed by atoms with Gasteiger partial charge in [-0.15, -0.1) is 0 Å². The van der Waals surface area contributed by atoms with Gasteiger partial charge < -0.3 is 11.1 Å². The van der Waals surface area contributed by atoms with Gasteiger partial charge in [-0.1, -0.05) is 12.2 Å². The molecule has 8 heteroatoms. The van der Waals surface area contributed by atoms with Gasteiger partial charge in [0.05, 0.1) is 5.69 Å². The Kier molecular flexibility index (Phi) is 3.84. The van der Waals surface area contributed by atoms with Crippen LogP contribution in [-0.4, -0.2) is 9.97 Å². The van der Waals surface area contributed by atoms with Gasteiger partial charge >= 0.3 is 0 Å². The topological polar surface area (TPSA) is 50.9 Å². The fourth-order valence-corrected chi connectivity index (χ4v) is 1.58. The Balaban J connectivity index is 2.45. The first-order valence-electron chi connectivity index (χ1n) is 5.26. The van der Waals surface area contributed by atoms with Crippen LogP contribution in [0.15, 0.2) is 24.4 Å². The molecule has 0 bridgehead atoms. The number of nitrogens with zero attached hydrogens (tertiary/aromatic N) is 1. The molecular formula is C12H7F4N3S. The standard InChI is InChI=1S/C12H7F4N3S/c13-6-4-7(14)10(16)11(9(6)15)19-5-1-2-18-8(3-5)12(17)20/h1-4H,(H2,17,20)(H,18,19). The van der Waals surface area contributed by atoms with Gasteiger partial charge in [0.2, 0.25) is 0 Å². The summed E-state index contributed by atoms with van der Waals surface area (Å²) in [4.78, 5) is 3.79. The van der Waals surface area contributed by atoms with E-state index in [1.54, 1.807) is 0 Å². The molecule has 0 amide bonds. The number of halogens is 4. The molecule has 3 nitrogen and oxygen atoms in total. The Morgan fingerprint density at radius 2 is 1.70 bits per heavy atom. The summed E-state index contributed by atoms with van der Waals surface area (Å²) in [6.07, 6.45) is 1.28. The van der Waals surface area contributed by atoms with Crippen molar-refractivity contribution in [3.63, 3.8) is 0 Å². The molecule has 20 heavy (non-hydrogen) atoms. The molecule has 0 saturated carbocycles. The zero-order chi connectivity index (χ0) is 14.9. The molecule has 0 fully saturated rings. The number of thiocarbonyl (C=S) groups is 1. The zero-order valence-electron chi connectivity index (χ0n) is 9.75. The van der Waals surface area contributed by atoms with Crippen molar-refractivity contribution in [2.24, 2.45) is 5.73 Å². The van der Waals surface area contributed by atoms with E-state index < -0.39 is 29.0 Å². The minimum atomic E-state index is -1.53. The second-order valence-electron chi connectivity index (χ2n) is 3.76. The van der Waals surface area contributed by atoms with Crippen molar-refractivity contribution < 1.29 is 17.6 Å². The molecule has 1 heterocycles. The molecule has 2 rings (SSSR count). The highest BCUT2D eigenvalue weighted by atomic mass is 32.1. The van der Waals surface area contributed by atoms with Crippen LogP contribution in [0.2, 0.25) is 0 Å². The highest BCUT2D eigenvalue weighted by Crippen LogP contribution is 2.27. The molecule has 0 aliphatic heterocycles. The Labute approximate surface area is 116 Å². The molecule has 0 radical (unpaired) electrons.